The molecule has 1 atom stereocenters. The van der Waals surface area contributed by atoms with Crippen molar-refractivity contribution in [3.8, 4) is 0 Å². The highest BCUT2D eigenvalue weighted by molar-refractivity contribution is 6.42. The Kier molecular flexibility index (Phi) is 4.42. The molecule has 1 N–H and O–H groups in total. The minimum atomic E-state index is -1.09. The van der Waals surface area contributed by atoms with E-state index in [1.165, 1.54) is 0 Å². The first-order valence-electron chi connectivity index (χ1n) is 5.81. The average molecular weight is 316 g/mol. The molecule has 0 spiro atoms. The smallest absolute Gasteiger partial charge is 0.0923 e. The average Bonchev–Trinajstić information content (AvgIpc) is 2.35. The van der Waals surface area contributed by atoms with E-state index in [0.717, 1.165) is 5.56 Å². The minimum Gasteiger partial charge on any atom is -0.385 e. The highest BCUT2D eigenvalue weighted by Crippen LogP contribution is 2.35. The van der Waals surface area contributed by atoms with Gasteiger partial charge in [0, 0.05) is 17.0 Å². The van der Waals surface area contributed by atoms with Crippen LogP contribution in [0.15, 0.2) is 42.5 Å². The zero-order valence-electron chi connectivity index (χ0n) is 10.3. The third-order valence-electron chi connectivity index (χ3n) is 2.99. The molecule has 0 radical (unpaired) electrons. The molecular formula is C15H13Cl3O. The van der Waals surface area contributed by atoms with Gasteiger partial charge in [-0.2, -0.15) is 0 Å². The molecule has 1 unspecified atom stereocenters. The Bertz CT molecular complexity index is 576. The van der Waals surface area contributed by atoms with Gasteiger partial charge in [0.05, 0.1) is 15.6 Å². The van der Waals surface area contributed by atoms with Gasteiger partial charge in [0.25, 0.3) is 0 Å². The molecule has 1 nitrogen and oxygen atoms in total. The number of rotatable bonds is 3. The van der Waals surface area contributed by atoms with E-state index in [0.29, 0.717) is 27.1 Å². The summed E-state index contributed by atoms with van der Waals surface area (Å²) in [6.07, 6.45) is 0.435. The normalized spacial score (nSPS) is 14.2. The molecule has 0 saturated carbocycles. The van der Waals surface area contributed by atoms with E-state index in [2.05, 4.69) is 0 Å². The lowest BCUT2D eigenvalue weighted by molar-refractivity contribution is 0.0577. The Morgan fingerprint density at radius 2 is 1.63 bits per heavy atom. The quantitative estimate of drug-likeness (QED) is 0.835. The predicted molar refractivity (Wildman–Crippen MR) is 81.2 cm³/mol. The van der Waals surface area contributed by atoms with E-state index >= 15 is 0 Å². The Balaban J connectivity index is 2.31. The molecule has 4 heteroatoms. The van der Waals surface area contributed by atoms with Crippen LogP contribution in [0.5, 0.6) is 0 Å². The van der Waals surface area contributed by atoms with Gasteiger partial charge in [0.15, 0.2) is 0 Å². The molecule has 0 fully saturated rings. The molecule has 2 aromatic carbocycles. The van der Waals surface area contributed by atoms with Crippen LogP contribution in [0.4, 0.5) is 0 Å². The standard InChI is InChI=1S/C15H13Cl3O/c1-15(19,9-10-5-7-11(16)8-6-10)12-3-2-4-13(17)14(12)18/h2-8,19H,9H2,1H3. The van der Waals surface area contributed by atoms with Crippen molar-refractivity contribution in [3.63, 3.8) is 0 Å². The van der Waals surface area contributed by atoms with Crippen LogP contribution >= 0.6 is 34.8 Å². The summed E-state index contributed by atoms with van der Waals surface area (Å²) >= 11 is 18.0. The number of hydrogen-bond acceptors (Lipinski definition) is 1. The molecular weight excluding hydrogens is 303 g/mol. The summed E-state index contributed by atoms with van der Waals surface area (Å²) in [6, 6.07) is 12.6. The lowest BCUT2D eigenvalue weighted by Gasteiger charge is -2.25. The van der Waals surface area contributed by atoms with Crippen molar-refractivity contribution in [2.45, 2.75) is 18.9 Å². The van der Waals surface area contributed by atoms with Crippen LogP contribution in [0.2, 0.25) is 15.1 Å². The zero-order chi connectivity index (χ0) is 14.0. The summed E-state index contributed by atoms with van der Waals surface area (Å²) in [4.78, 5) is 0. The van der Waals surface area contributed by atoms with Crippen LogP contribution < -0.4 is 0 Å². The largest absolute Gasteiger partial charge is 0.385 e. The zero-order valence-corrected chi connectivity index (χ0v) is 12.6. The third kappa shape index (κ3) is 3.43. The second kappa shape index (κ2) is 5.72. The van der Waals surface area contributed by atoms with Gasteiger partial charge in [-0.25, -0.2) is 0 Å². The SMILES string of the molecule is CC(O)(Cc1ccc(Cl)cc1)c1cccc(Cl)c1Cl. The Morgan fingerprint density at radius 1 is 1.00 bits per heavy atom. The highest BCUT2D eigenvalue weighted by Gasteiger charge is 2.26. The van der Waals surface area contributed by atoms with Gasteiger partial charge >= 0.3 is 0 Å². The molecule has 2 rings (SSSR count). The van der Waals surface area contributed by atoms with Crippen LogP contribution in [-0.2, 0) is 12.0 Å². The van der Waals surface area contributed by atoms with Gasteiger partial charge in [-0.05, 0) is 30.7 Å². The molecule has 0 aliphatic heterocycles. The first-order chi connectivity index (χ1) is 8.90. The number of aliphatic hydroxyl groups is 1. The molecule has 0 aromatic heterocycles. The van der Waals surface area contributed by atoms with Gasteiger partial charge < -0.3 is 5.11 Å². The van der Waals surface area contributed by atoms with Crippen LogP contribution in [0.3, 0.4) is 0 Å². The van der Waals surface area contributed by atoms with E-state index < -0.39 is 5.60 Å². The summed E-state index contributed by atoms with van der Waals surface area (Å²) in [5.74, 6) is 0. The van der Waals surface area contributed by atoms with Gasteiger partial charge in [-0.3, -0.25) is 0 Å². The van der Waals surface area contributed by atoms with Crippen LogP contribution in [0, 0.1) is 0 Å². The Labute approximate surface area is 127 Å². The Hall–Kier alpha value is -0.730. The molecule has 0 saturated heterocycles. The summed E-state index contributed by atoms with van der Waals surface area (Å²) in [6.45, 7) is 1.72. The lowest BCUT2D eigenvalue weighted by atomic mass is 9.89. The molecule has 0 amide bonds. The van der Waals surface area contributed by atoms with Crippen molar-refractivity contribution in [1.82, 2.24) is 0 Å². The van der Waals surface area contributed by atoms with E-state index in [1.54, 1.807) is 37.3 Å². The summed E-state index contributed by atoms with van der Waals surface area (Å²) in [5, 5.41) is 12.1. The van der Waals surface area contributed by atoms with E-state index in [1.807, 2.05) is 12.1 Å². The van der Waals surface area contributed by atoms with Gasteiger partial charge in [0.1, 0.15) is 0 Å². The van der Waals surface area contributed by atoms with Crippen LogP contribution in [-0.4, -0.2) is 5.11 Å². The first-order valence-corrected chi connectivity index (χ1v) is 6.95. The lowest BCUT2D eigenvalue weighted by Crippen LogP contribution is -2.24. The maximum Gasteiger partial charge on any atom is 0.0923 e. The van der Waals surface area contributed by atoms with E-state index in [-0.39, 0.29) is 0 Å². The summed E-state index contributed by atoms with van der Waals surface area (Å²) < 4.78 is 0. The molecule has 100 valence electrons. The van der Waals surface area contributed by atoms with Crippen molar-refractivity contribution < 1.29 is 5.11 Å². The Morgan fingerprint density at radius 3 is 2.26 bits per heavy atom. The predicted octanol–water partition coefficient (Wildman–Crippen LogP) is 5.10. The fourth-order valence-corrected chi connectivity index (χ4v) is 2.64. The minimum absolute atomic E-state index is 0.392. The van der Waals surface area contributed by atoms with Crippen molar-refractivity contribution >= 4 is 34.8 Å². The van der Waals surface area contributed by atoms with Crippen molar-refractivity contribution in [2.75, 3.05) is 0 Å². The van der Waals surface area contributed by atoms with E-state index in [4.69, 9.17) is 34.8 Å². The van der Waals surface area contributed by atoms with Crippen molar-refractivity contribution in [2.24, 2.45) is 0 Å². The van der Waals surface area contributed by atoms with Gasteiger partial charge in [0.2, 0.25) is 0 Å². The molecule has 19 heavy (non-hydrogen) atoms. The monoisotopic (exact) mass is 314 g/mol. The van der Waals surface area contributed by atoms with Crippen LogP contribution in [0.25, 0.3) is 0 Å². The maximum absolute atomic E-state index is 10.6. The van der Waals surface area contributed by atoms with Crippen molar-refractivity contribution in [1.29, 1.82) is 0 Å². The summed E-state index contributed by atoms with van der Waals surface area (Å²) in [7, 11) is 0. The van der Waals surface area contributed by atoms with Gasteiger partial charge in [-0.1, -0.05) is 59.1 Å². The second-order valence-corrected chi connectivity index (χ2v) is 5.90. The van der Waals surface area contributed by atoms with Gasteiger partial charge in [-0.15, -0.1) is 0 Å². The molecule has 0 aliphatic carbocycles. The molecule has 2 aromatic rings. The highest BCUT2D eigenvalue weighted by atomic mass is 35.5. The maximum atomic E-state index is 10.6. The first kappa shape index (κ1) is 14.7. The molecule has 0 bridgehead atoms. The second-order valence-electron chi connectivity index (χ2n) is 4.68. The topological polar surface area (TPSA) is 20.2 Å². The fourth-order valence-electron chi connectivity index (χ4n) is 2.01. The van der Waals surface area contributed by atoms with E-state index in [9.17, 15) is 5.11 Å². The third-order valence-corrected chi connectivity index (χ3v) is 4.06. The fraction of sp³-hybridized carbons (Fsp3) is 0.200. The van der Waals surface area contributed by atoms with Crippen LogP contribution in [0.1, 0.15) is 18.1 Å². The number of benzene rings is 2. The molecule has 0 heterocycles. The number of hydrogen-bond donors (Lipinski definition) is 1. The molecule has 0 aliphatic rings. The summed E-state index contributed by atoms with van der Waals surface area (Å²) in [5.41, 5.74) is 0.512. The number of halogens is 3. The van der Waals surface area contributed by atoms with Crippen molar-refractivity contribution in [3.05, 3.63) is 68.7 Å².